The van der Waals surface area contributed by atoms with E-state index in [-0.39, 0.29) is 11.7 Å². The third-order valence-corrected chi connectivity index (χ3v) is 4.66. The predicted octanol–water partition coefficient (Wildman–Crippen LogP) is 2.35. The van der Waals surface area contributed by atoms with Gasteiger partial charge in [-0.15, -0.1) is 0 Å². The van der Waals surface area contributed by atoms with Gasteiger partial charge in [-0.25, -0.2) is 8.42 Å². The van der Waals surface area contributed by atoms with E-state index in [9.17, 15) is 13.2 Å². The molecule has 0 fully saturated rings. The quantitative estimate of drug-likeness (QED) is 0.900. The Kier molecular flexibility index (Phi) is 3.96. The van der Waals surface area contributed by atoms with Gasteiger partial charge in [0.1, 0.15) is 11.4 Å². The van der Waals surface area contributed by atoms with Gasteiger partial charge in [0, 0.05) is 0 Å². The van der Waals surface area contributed by atoms with Crippen molar-refractivity contribution in [2.24, 2.45) is 0 Å². The van der Waals surface area contributed by atoms with E-state index in [0.29, 0.717) is 22.7 Å². The molecule has 23 heavy (non-hydrogen) atoms. The highest BCUT2D eigenvalue weighted by Gasteiger charge is 2.26. The highest BCUT2D eigenvalue weighted by atomic mass is 32.2. The number of nitrogens with one attached hydrogen (secondary N) is 2. The van der Waals surface area contributed by atoms with Crippen LogP contribution in [0.1, 0.15) is 12.5 Å². The number of sulfonamides is 1. The molecule has 3 rings (SSSR count). The summed E-state index contributed by atoms with van der Waals surface area (Å²) in [4.78, 5) is 11.8. The van der Waals surface area contributed by atoms with Gasteiger partial charge >= 0.3 is 0 Å². The molecule has 2 aromatic rings. The van der Waals surface area contributed by atoms with Crippen molar-refractivity contribution in [2.75, 3.05) is 10.0 Å². The van der Waals surface area contributed by atoms with Gasteiger partial charge < -0.3 is 10.1 Å². The third-order valence-electron chi connectivity index (χ3n) is 3.41. The monoisotopic (exact) mass is 332 g/mol. The van der Waals surface area contributed by atoms with Crippen molar-refractivity contribution in [3.05, 3.63) is 54.1 Å². The molecule has 1 aliphatic rings. The second-order valence-electron chi connectivity index (χ2n) is 5.27. The summed E-state index contributed by atoms with van der Waals surface area (Å²) in [6.07, 6.45) is -0.612. The molecule has 2 aromatic carbocycles. The Labute approximate surface area is 134 Å². The lowest BCUT2D eigenvalue weighted by molar-refractivity contribution is -0.122. The maximum absolute atomic E-state index is 12.3. The number of para-hydroxylation sites is 1. The standard InChI is InChI=1S/C16H16N2O4S/c1-11-16(19)17-15-13(8-5-9-14(15)22-11)18-23(20,21)10-12-6-3-2-4-7-12/h2-9,11,18H,10H2,1H3,(H,17,19). The number of hydrogen-bond donors (Lipinski definition) is 2. The van der Waals surface area contributed by atoms with Gasteiger partial charge in [0.15, 0.2) is 6.10 Å². The fourth-order valence-electron chi connectivity index (χ4n) is 2.31. The third kappa shape index (κ3) is 3.45. The topological polar surface area (TPSA) is 84.5 Å². The molecular formula is C16H16N2O4S. The molecule has 0 radical (unpaired) electrons. The van der Waals surface area contributed by atoms with Crippen molar-refractivity contribution in [3.8, 4) is 5.75 Å². The molecule has 6 nitrogen and oxygen atoms in total. The summed E-state index contributed by atoms with van der Waals surface area (Å²) in [6, 6.07) is 13.8. The van der Waals surface area contributed by atoms with Crippen LogP contribution < -0.4 is 14.8 Å². The molecule has 0 saturated carbocycles. The highest BCUT2D eigenvalue weighted by molar-refractivity contribution is 7.91. The van der Waals surface area contributed by atoms with Gasteiger partial charge in [-0.1, -0.05) is 36.4 Å². The van der Waals surface area contributed by atoms with Crippen LogP contribution in [-0.4, -0.2) is 20.4 Å². The van der Waals surface area contributed by atoms with E-state index in [2.05, 4.69) is 10.0 Å². The Hall–Kier alpha value is -2.54. The summed E-state index contributed by atoms with van der Waals surface area (Å²) in [5, 5.41) is 2.67. The number of ether oxygens (including phenoxy) is 1. The molecule has 1 atom stereocenters. The zero-order valence-corrected chi connectivity index (χ0v) is 13.3. The molecular weight excluding hydrogens is 316 g/mol. The van der Waals surface area contributed by atoms with Gasteiger partial charge in [0.05, 0.1) is 11.4 Å². The lowest BCUT2D eigenvalue weighted by Crippen LogP contribution is -2.35. The summed E-state index contributed by atoms with van der Waals surface area (Å²) in [5.41, 5.74) is 1.31. The second kappa shape index (κ2) is 5.92. The normalized spacial score (nSPS) is 16.9. The number of carbonyl (C=O) groups excluding carboxylic acids is 1. The van der Waals surface area contributed by atoms with Gasteiger partial charge in [0.2, 0.25) is 10.0 Å². The lowest BCUT2D eigenvalue weighted by Gasteiger charge is -2.25. The number of fused-ring (bicyclic) bond motifs is 1. The van der Waals surface area contributed by atoms with Crippen LogP contribution in [0.15, 0.2) is 48.5 Å². The predicted molar refractivity (Wildman–Crippen MR) is 87.9 cm³/mol. The van der Waals surface area contributed by atoms with Crippen LogP contribution in [0.2, 0.25) is 0 Å². The van der Waals surface area contributed by atoms with E-state index < -0.39 is 16.1 Å². The maximum Gasteiger partial charge on any atom is 0.265 e. The van der Waals surface area contributed by atoms with Crippen molar-refractivity contribution in [1.29, 1.82) is 0 Å². The van der Waals surface area contributed by atoms with Gasteiger partial charge in [-0.3, -0.25) is 9.52 Å². The Morgan fingerprint density at radius 2 is 1.87 bits per heavy atom. The first-order valence-electron chi connectivity index (χ1n) is 7.09. The number of carbonyl (C=O) groups is 1. The number of amides is 1. The Morgan fingerprint density at radius 3 is 2.61 bits per heavy atom. The molecule has 7 heteroatoms. The van der Waals surface area contributed by atoms with Crippen molar-refractivity contribution in [2.45, 2.75) is 18.8 Å². The Bertz CT molecular complexity index is 834. The summed E-state index contributed by atoms with van der Waals surface area (Å²) in [5.74, 6) is -0.0212. The Morgan fingerprint density at radius 1 is 1.13 bits per heavy atom. The van der Waals surface area contributed by atoms with Gasteiger partial charge in [-0.2, -0.15) is 0 Å². The summed E-state index contributed by atoms with van der Waals surface area (Å²) in [6.45, 7) is 1.63. The molecule has 0 aromatic heterocycles. The van der Waals surface area contributed by atoms with Crippen LogP contribution in [0.5, 0.6) is 5.75 Å². The van der Waals surface area contributed by atoms with Gasteiger partial charge in [0.25, 0.3) is 5.91 Å². The molecule has 2 N–H and O–H groups in total. The molecule has 120 valence electrons. The largest absolute Gasteiger partial charge is 0.479 e. The van der Waals surface area contributed by atoms with E-state index in [1.54, 1.807) is 49.4 Å². The molecule has 0 spiro atoms. The average molecular weight is 332 g/mol. The molecule has 1 heterocycles. The van der Waals surface area contributed by atoms with Crippen molar-refractivity contribution in [3.63, 3.8) is 0 Å². The number of anilines is 2. The van der Waals surface area contributed by atoms with E-state index in [1.807, 2.05) is 6.07 Å². The molecule has 1 aliphatic heterocycles. The first-order valence-corrected chi connectivity index (χ1v) is 8.75. The summed E-state index contributed by atoms with van der Waals surface area (Å²) in [7, 11) is -3.61. The van der Waals surface area contributed by atoms with Crippen LogP contribution in [0.25, 0.3) is 0 Å². The molecule has 0 saturated heterocycles. The summed E-state index contributed by atoms with van der Waals surface area (Å²) < 4.78 is 32.7. The SMILES string of the molecule is CC1Oc2cccc(NS(=O)(=O)Cc3ccccc3)c2NC1=O. The Balaban J connectivity index is 1.86. The van der Waals surface area contributed by atoms with E-state index in [4.69, 9.17) is 4.74 Å². The zero-order valence-electron chi connectivity index (χ0n) is 12.4. The zero-order chi connectivity index (χ0) is 16.4. The van der Waals surface area contributed by atoms with Crippen LogP contribution in [-0.2, 0) is 20.6 Å². The first kappa shape index (κ1) is 15.4. The second-order valence-corrected chi connectivity index (χ2v) is 7.00. The van der Waals surface area contributed by atoms with Gasteiger partial charge in [-0.05, 0) is 24.6 Å². The van der Waals surface area contributed by atoms with Crippen LogP contribution in [0.4, 0.5) is 11.4 Å². The first-order chi connectivity index (χ1) is 10.9. The van der Waals surface area contributed by atoms with E-state index in [1.165, 1.54) is 0 Å². The van der Waals surface area contributed by atoms with Crippen LogP contribution in [0, 0.1) is 0 Å². The summed E-state index contributed by atoms with van der Waals surface area (Å²) >= 11 is 0. The average Bonchev–Trinajstić information content (AvgIpc) is 2.49. The number of benzene rings is 2. The van der Waals surface area contributed by atoms with Crippen molar-refractivity contribution >= 4 is 27.3 Å². The fraction of sp³-hybridized carbons (Fsp3) is 0.188. The lowest BCUT2D eigenvalue weighted by atomic mass is 10.2. The minimum absolute atomic E-state index is 0.150. The van der Waals surface area contributed by atoms with E-state index in [0.717, 1.165) is 0 Å². The molecule has 1 amide bonds. The van der Waals surface area contributed by atoms with Crippen LogP contribution >= 0.6 is 0 Å². The van der Waals surface area contributed by atoms with Crippen LogP contribution in [0.3, 0.4) is 0 Å². The van der Waals surface area contributed by atoms with Crippen molar-refractivity contribution in [1.82, 2.24) is 0 Å². The number of hydrogen-bond acceptors (Lipinski definition) is 4. The smallest absolute Gasteiger partial charge is 0.265 e. The minimum Gasteiger partial charge on any atom is -0.479 e. The number of rotatable bonds is 4. The molecule has 1 unspecified atom stereocenters. The molecule has 0 aliphatic carbocycles. The van der Waals surface area contributed by atoms with Crippen molar-refractivity contribution < 1.29 is 17.9 Å². The highest BCUT2D eigenvalue weighted by Crippen LogP contribution is 2.36. The maximum atomic E-state index is 12.3. The minimum atomic E-state index is -3.61. The fourth-order valence-corrected chi connectivity index (χ4v) is 3.52. The molecule has 0 bridgehead atoms. The van der Waals surface area contributed by atoms with E-state index >= 15 is 0 Å².